The number of aliphatic hydroxyl groups excluding tert-OH is 1. The number of rotatable bonds is 4. The van der Waals surface area contributed by atoms with Gasteiger partial charge >= 0.3 is 5.97 Å². The Morgan fingerprint density at radius 2 is 1.91 bits per heavy atom. The molecule has 0 saturated heterocycles. The first-order valence-corrected chi connectivity index (χ1v) is 6.77. The number of aromatic hydroxyl groups is 1. The topological polar surface area (TPSA) is 66.8 Å². The largest absolute Gasteiger partial charge is 0.507 e. The molecule has 1 unspecified atom stereocenters. The third-order valence-corrected chi connectivity index (χ3v) is 3.28. The van der Waals surface area contributed by atoms with Crippen molar-refractivity contribution >= 4 is 5.97 Å². The molecule has 2 N–H and O–H groups in total. The molecule has 0 heterocycles. The number of hydrogen-bond acceptors (Lipinski definition) is 4. The molecule has 0 aliphatic heterocycles. The van der Waals surface area contributed by atoms with E-state index in [4.69, 9.17) is 4.74 Å². The Kier molecular flexibility index (Phi) is 4.78. The summed E-state index contributed by atoms with van der Waals surface area (Å²) < 4.78 is 18.9. The molecule has 116 valence electrons. The van der Waals surface area contributed by atoms with E-state index in [1.54, 1.807) is 24.3 Å². The lowest BCUT2D eigenvalue weighted by atomic mass is 9.98. The zero-order valence-electron chi connectivity index (χ0n) is 12.3. The van der Waals surface area contributed by atoms with Gasteiger partial charge in [-0.25, -0.2) is 4.39 Å². The van der Waals surface area contributed by atoms with Crippen LogP contribution in [0.2, 0.25) is 0 Å². The fourth-order valence-corrected chi connectivity index (χ4v) is 2.11. The highest BCUT2D eigenvalue weighted by Crippen LogP contribution is 2.33. The predicted molar refractivity (Wildman–Crippen MR) is 78.8 cm³/mol. The second kappa shape index (κ2) is 6.58. The first-order valence-electron chi connectivity index (χ1n) is 6.77. The molecule has 0 aliphatic rings. The van der Waals surface area contributed by atoms with Crippen LogP contribution in [0.3, 0.4) is 0 Å². The second-order valence-electron chi connectivity index (χ2n) is 5.10. The van der Waals surface area contributed by atoms with Gasteiger partial charge in [-0.1, -0.05) is 29.8 Å². The van der Waals surface area contributed by atoms with Crippen LogP contribution in [0.15, 0.2) is 36.4 Å². The second-order valence-corrected chi connectivity index (χ2v) is 5.10. The molecule has 0 spiro atoms. The lowest BCUT2D eigenvalue weighted by Crippen LogP contribution is -2.05. The molecular weight excluding hydrogens is 287 g/mol. The molecule has 4 nitrogen and oxygen atoms in total. The minimum absolute atomic E-state index is 0.138. The molecule has 2 aromatic rings. The number of aliphatic hydroxyl groups is 1. The summed E-state index contributed by atoms with van der Waals surface area (Å²) in [6.45, 7) is 3.00. The van der Waals surface area contributed by atoms with Crippen LogP contribution >= 0.6 is 0 Å². The van der Waals surface area contributed by atoms with E-state index in [-0.39, 0.29) is 17.9 Å². The summed E-state index contributed by atoms with van der Waals surface area (Å²) in [6, 6.07) is 9.34. The molecule has 0 amide bonds. The Morgan fingerprint density at radius 3 is 2.45 bits per heavy atom. The highest BCUT2D eigenvalue weighted by Gasteiger charge is 2.20. The van der Waals surface area contributed by atoms with Gasteiger partial charge in [-0.15, -0.1) is 0 Å². The fourth-order valence-electron chi connectivity index (χ4n) is 2.11. The molecule has 0 saturated carbocycles. The highest BCUT2D eigenvalue weighted by atomic mass is 19.1. The Hall–Kier alpha value is -2.40. The summed E-state index contributed by atoms with van der Waals surface area (Å²) in [5.74, 6) is -1.63. The van der Waals surface area contributed by atoms with Crippen molar-refractivity contribution in [1.29, 1.82) is 0 Å². The smallest absolute Gasteiger partial charge is 0.302 e. The van der Waals surface area contributed by atoms with Crippen molar-refractivity contribution in [3.05, 3.63) is 64.5 Å². The normalized spacial score (nSPS) is 12.0. The maximum Gasteiger partial charge on any atom is 0.302 e. The van der Waals surface area contributed by atoms with Crippen molar-refractivity contribution in [2.75, 3.05) is 0 Å². The summed E-state index contributed by atoms with van der Waals surface area (Å²) in [6.07, 6.45) is -1.27. The maximum absolute atomic E-state index is 14.2. The molecule has 0 radical (unpaired) electrons. The third-order valence-electron chi connectivity index (χ3n) is 3.28. The van der Waals surface area contributed by atoms with Crippen LogP contribution in [0.5, 0.6) is 5.75 Å². The monoisotopic (exact) mass is 304 g/mol. The molecule has 5 heteroatoms. The third kappa shape index (κ3) is 3.62. The number of phenolic OH excluding ortho intramolecular Hbond substituents is 1. The first kappa shape index (κ1) is 16.0. The van der Waals surface area contributed by atoms with Gasteiger partial charge in [0.05, 0.1) is 5.56 Å². The summed E-state index contributed by atoms with van der Waals surface area (Å²) in [7, 11) is 0. The maximum atomic E-state index is 14.2. The van der Waals surface area contributed by atoms with Crippen LogP contribution in [0.1, 0.15) is 35.3 Å². The van der Waals surface area contributed by atoms with E-state index in [1.807, 2.05) is 6.92 Å². The van der Waals surface area contributed by atoms with Crippen molar-refractivity contribution in [2.45, 2.75) is 26.6 Å². The number of benzene rings is 2. The number of carbonyl (C=O) groups excluding carboxylic acids is 1. The van der Waals surface area contributed by atoms with Crippen molar-refractivity contribution in [3.63, 3.8) is 0 Å². The molecule has 0 bridgehead atoms. The lowest BCUT2D eigenvalue weighted by Gasteiger charge is -2.15. The number of carbonyl (C=O) groups is 1. The van der Waals surface area contributed by atoms with Crippen LogP contribution < -0.4 is 0 Å². The SMILES string of the molecule is CC(=O)OCc1cc(O)c(C(O)c2ccc(C)cc2)c(F)c1. The van der Waals surface area contributed by atoms with Gasteiger partial charge in [-0.05, 0) is 30.2 Å². The van der Waals surface area contributed by atoms with Gasteiger partial charge in [0.15, 0.2) is 0 Å². The lowest BCUT2D eigenvalue weighted by molar-refractivity contribution is -0.142. The van der Waals surface area contributed by atoms with Crippen LogP contribution in [0.25, 0.3) is 0 Å². The average Bonchev–Trinajstić information content (AvgIpc) is 2.45. The molecule has 2 rings (SSSR count). The first-order chi connectivity index (χ1) is 10.4. The van der Waals surface area contributed by atoms with Crippen molar-refractivity contribution in [2.24, 2.45) is 0 Å². The highest BCUT2D eigenvalue weighted by molar-refractivity contribution is 5.66. The van der Waals surface area contributed by atoms with Crippen LogP contribution in [-0.4, -0.2) is 16.2 Å². The van der Waals surface area contributed by atoms with Gasteiger partial charge in [-0.3, -0.25) is 4.79 Å². The van der Waals surface area contributed by atoms with Gasteiger partial charge in [0.1, 0.15) is 24.3 Å². The van der Waals surface area contributed by atoms with E-state index in [0.29, 0.717) is 11.1 Å². The molecule has 1 atom stereocenters. The van der Waals surface area contributed by atoms with Gasteiger partial charge in [0, 0.05) is 6.92 Å². The fraction of sp³-hybridized carbons (Fsp3) is 0.235. The number of hydrogen-bond donors (Lipinski definition) is 2. The zero-order valence-corrected chi connectivity index (χ0v) is 12.3. The zero-order chi connectivity index (χ0) is 16.3. The number of phenols is 1. The van der Waals surface area contributed by atoms with Crippen LogP contribution in [0, 0.1) is 12.7 Å². The van der Waals surface area contributed by atoms with Gasteiger partial charge in [-0.2, -0.15) is 0 Å². The Bertz CT molecular complexity index is 657. The predicted octanol–water partition coefficient (Wildman–Crippen LogP) is 2.98. The van der Waals surface area contributed by atoms with Crippen LogP contribution in [0.4, 0.5) is 4.39 Å². The quantitative estimate of drug-likeness (QED) is 0.852. The van der Waals surface area contributed by atoms with E-state index in [0.717, 1.165) is 11.6 Å². The van der Waals surface area contributed by atoms with Gasteiger partial charge < -0.3 is 14.9 Å². The molecule has 0 fully saturated rings. The summed E-state index contributed by atoms with van der Waals surface area (Å²) in [5, 5.41) is 20.3. The molecule has 2 aromatic carbocycles. The van der Waals surface area contributed by atoms with Crippen molar-refractivity contribution in [3.8, 4) is 5.75 Å². The van der Waals surface area contributed by atoms with Crippen molar-refractivity contribution in [1.82, 2.24) is 0 Å². The van der Waals surface area contributed by atoms with Crippen molar-refractivity contribution < 1.29 is 24.1 Å². The van der Waals surface area contributed by atoms with E-state index in [9.17, 15) is 19.4 Å². The Labute approximate surface area is 127 Å². The number of esters is 1. The Balaban J connectivity index is 2.31. The van der Waals surface area contributed by atoms with E-state index in [2.05, 4.69) is 0 Å². The minimum Gasteiger partial charge on any atom is -0.507 e. The minimum atomic E-state index is -1.27. The average molecular weight is 304 g/mol. The number of aryl methyl sites for hydroxylation is 1. The van der Waals surface area contributed by atoms with Gasteiger partial charge in [0.2, 0.25) is 0 Å². The molecular formula is C17H17FO4. The molecule has 0 aromatic heterocycles. The molecule has 22 heavy (non-hydrogen) atoms. The van der Waals surface area contributed by atoms with E-state index in [1.165, 1.54) is 13.0 Å². The Morgan fingerprint density at radius 1 is 1.27 bits per heavy atom. The summed E-state index contributed by atoms with van der Waals surface area (Å²) >= 11 is 0. The number of ether oxygens (including phenoxy) is 1. The summed E-state index contributed by atoms with van der Waals surface area (Å²) in [5.41, 5.74) is 1.60. The standard InChI is InChI=1S/C17H17FO4/c1-10-3-5-13(6-4-10)17(21)16-14(18)7-12(8-15(16)20)9-22-11(2)19/h3-8,17,20-21H,9H2,1-2H3. The summed E-state index contributed by atoms with van der Waals surface area (Å²) in [4.78, 5) is 10.8. The number of halogens is 1. The van der Waals surface area contributed by atoms with E-state index >= 15 is 0 Å². The molecule has 0 aliphatic carbocycles. The van der Waals surface area contributed by atoms with Gasteiger partial charge in [0.25, 0.3) is 0 Å². The van der Waals surface area contributed by atoms with E-state index < -0.39 is 17.9 Å². The van der Waals surface area contributed by atoms with Crippen LogP contribution in [-0.2, 0) is 16.1 Å².